The van der Waals surface area contributed by atoms with E-state index in [1.807, 2.05) is 17.5 Å². The largest absolute Gasteiger partial charge is 0.444 e. The summed E-state index contributed by atoms with van der Waals surface area (Å²) in [6.45, 7) is 5.98. The van der Waals surface area contributed by atoms with Gasteiger partial charge in [-0.25, -0.2) is 4.79 Å². The third-order valence-electron chi connectivity index (χ3n) is 4.35. The predicted molar refractivity (Wildman–Crippen MR) is 124 cm³/mol. The molecule has 170 valence electrons. The van der Waals surface area contributed by atoms with Gasteiger partial charge in [0, 0.05) is 24.2 Å². The number of benzene rings is 1. The second-order valence-electron chi connectivity index (χ2n) is 8.26. The Bertz CT molecular complexity index is 1010. The van der Waals surface area contributed by atoms with Crippen molar-refractivity contribution in [1.82, 2.24) is 15.5 Å². The van der Waals surface area contributed by atoms with Gasteiger partial charge in [-0.2, -0.15) is 4.98 Å². The zero-order valence-corrected chi connectivity index (χ0v) is 19.3. The minimum Gasteiger partial charge on any atom is -0.444 e. The summed E-state index contributed by atoms with van der Waals surface area (Å²) < 4.78 is 10.5. The van der Waals surface area contributed by atoms with Gasteiger partial charge in [0.05, 0.1) is 4.88 Å². The molecule has 1 aromatic carbocycles. The monoisotopic (exact) mass is 456 g/mol. The molecule has 0 unspecified atom stereocenters. The topological polar surface area (TPSA) is 106 Å². The number of thiophene rings is 1. The molecule has 3 rings (SSSR count). The number of carbonyl (C=O) groups excluding carboxylic acids is 2. The number of nitrogens with zero attached hydrogens (tertiary/aromatic N) is 2. The third kappa shape index (κ3) is 7.49. The van der Waals surface area contributed by atoms with Crippen LogP contribution in [-0.2, 0) is 11.2 Å². The van der Waals surface area contributed by atoms with E-state index < -0.39 is 11.7 Å². The number of hydrogen-bond donors (Lipinski definition) is 2. The van der Waals surface area contributed by atoms with E-state index in [-0.39, 0.29) is 5.91 Å². The summed E-state index contributed by atoms with van der Waals surface area (Å²) in [7, 11) is 0. The van der Waals surface area contributed by atoms with Crippen LogP contribution in [0.4, 0.5) is 10.5 Å². The van der Waals surface area contributed by atoms with Crippen LogP contribution in [0.5, 0.6) is 0 Å². The molecular weight excluding hydrogens is 428 g/mol. The Hall–Kier alpha value is -3.20. The third-order valence-corrected chi connectivity index (χ3v) is 5.22. The molecule has 3 aromatic rings. The molecule has 0 fully saturated rings. The summed E-state index contributed by atoms with van der Waals surface area (Å²) in [5.41, 5.74) is 0.535. The molecule has 0 bridgehead atoms. The van der Waals surface area contributed by atoms with Crippen LogP contribution in [0.3, 0.4) is 0 Å². The van der Waals surface area contributed by atoms with Gasteiger partial charge in [-0.1, -0.05) is 17.6 Å². The first kappa shape index (κ1) is 23.5. The van der Waals surface area contributed by atoms with Crippen molar-refractivity contribution in [2.75, 3.05) is 11.9 Å². The van der Waals surface area contributed by atoms with E-state index in [0.717, 1.165) is 30.6 Å². The maximum atomic E-state index is 12.3. The number of carbonyl (C=O) groups is 2. The lowest BCUT2D eigenvalue weighted by atomic mass is 10.1. The van der Waals surface area contributed by atoms with E-state index >= 15 is 0 Å². The van der Waals surface area contributed by atoms with Crippen LogP contribution >= 0.6 is 11.3 Å². The lowest BCUT2D eigenvalue weighted by molar-refractivity contribution is 0.0635. The Morgan fingerprint density at radius 3 is 2.56 bits per heavy atom. The molecular formula is C23H28N4O4S. The van der Waals surface area contributed by atoms with Crippen LogP contribution in [0.25, 0.3) is 10.7 Å². The van der Waals surface area contributed by atoms with Crippen molar-refractivity contribution in [1.29, 1.82) is 0 Å². The summed E-state index contributed by atoms with van der Waals surface area (Å²) in [6.07, 6.45) is 2.90. The molecule has 8 nitrogen and oxygen atoms in total. The minimum absolute atomic E-state index is 0.147. The molecule has 0 radical (unpaired) electrons. The van der Waals surface area contributed by atoms with E-state index in [1.165, 1.54) is 0 Å². The van der Waals surface area contributed by atoms with E-state index in [2.05, 4.69) is 20.8 Å². The number of aromatic nitrogens is 2. The molecule has 0 atom stereocenters. The Labute approximate surface area is 191 Å². The number of anilines is 1. The van der Waals surface area contributed by atoms with Crippen LogP contribution < -0.4 is 10.6 Å². The normalized spacial score (nSPS) is 11.2. The quantitative estimate of drug-likeness (QED) is 0.424. The molecule has 0 saturated heterocycles. The Morgan fingerprint density at radius 1 is 1.09 bits per heavy atom. The van der Waals surface area contributed by atoms with Gasteiger partial charge in [-0.05, 0) is 69.3 Å². The molecule has 9 heteroatoms. The molecule has 0 saturated carbocycles. The van der Waals surface area contributed by atoms with Crippen molar-refractivity contribution in [3.8, 4) is 10.7 Å². The highest BCUT2D eigenvalue weighted by molar-refractivity contribution is 7.13. The molecule has 0 aliphatic rings. The smallest absolute Gasteiger partial charge is 0.412 e. The van der Waals surface area contributed by atoms with Crippen LogP contribution in [0, 0.1) is 0 Å². The fraction of sp³-hybridized carbons (Fsp3) is 0.391. The van der Waals surface area contributed by atoms with Gasteiger partial charge in [-0.3, -0.25) is 10.1 Å². The zero-order chi connectivity index (χ0) is 23.0. The number of rotatable bonds is 9. The van der Waals surface area contributed by atoms with E-state index in [0.29, 0.717) is 29.5 Å². The van der Waals surface area contributed by atoms with Crippen molar-refractivity contribution in [2.45, 2.75) is 52.1 Å². The number of aryl methyl sites for hydroxylation is 1. The fourth-order valence-electron chi connectivity index (χ4n) is 2.87. The Kier molecular flexibility index (Phi) is 7.99. The first-order valence-electron chi connectivity index (χ1n) is 10.5. The van der Waals surface area contributed by atoms with Crippen LogP contribution in [-0.4, -0.2) is 34.3 Å². The second kappa shape index (κ2) is 10.9. The summed E-state index contributed by atoms with van der Waals surface area (Å²) in [5.74, 6) is 1.12. The fourth-order valence-corrected chi connectivity index (χ4v) is 3.52. The lowest BCUT2D eigenvalue weighted by Gasteiger charge is -2.19. The van der Waals surface area contributed by atoms with E-state index in [4.69, 9.17) is 9.26 Å². The maximum Gasteiger partial charge on any atom is 0.412 e. The zero-order valence-electron chi connectivity index (χ0n) is 18.5. The summed E-state index contributed by atoms with van der Waals surface area (Å²) in [5, 5.41) is 11.5. The highest BCUT2D eigenvalue weighted by Crippen LogP contribution is 2.21. The second-order valence-corrected chi connectivity index (χ2v) is 9.21. The number of amides is 2. The minimum atomic E-state index is -0.567. The average Bonchev–Trinajstić information content (AvgIpc) is 3.41. The summed E-state index contributed by atoms with van der Waals surface area (Å²) in [6, 6.07) is 10.6. The standard InChI is InChI=1S/C23H28N4O4S/c1-23(2,3)30-22(29)25-17-12-10-16(11-13-17)21(28)24-14-6-4-5-9-19-26-20(27-31-19)18-8-7-15-32-18/h7-8,10-13,15H,4-6,9,14H2,1-3H3,(H,24,28)(H,25,29). The summed E-state index contributed by atoms with van der Waals surface area (Å²) in [4.78, 5) is 29.5. The molecule has 2 heterocycles. The van der Waals surface area contributed by atoms with Gasteiger partial charge >= 0.3 is 6.09 Å². The van der Waals surface area contributed by atoms with Crippen molar-refractivity contribution in [3.63, 3.8) is 0 Å². The van der Waals surface area contributed by atoms with Crippen molar-refractivity contribution in [2.24, 2.45) is 0 Å². The lowest BCUT2D eigenvalue weighted by Crippen LogP contribution is -2.27. The van der Waals surface area contributed by atoms with Crippen LogP contribution in [0.1, 0.15) is 56.3 Å². The molecule has 0 aliphatic heterocycles. The SMILES string of the molecule is CC(C)(C)OC(=O)Nc1ccc(C(=O)NCCCCCc2nc(-c3cccs3)no2)cc1. The van der Waals surface area contributed by atoms with Crippen LogP contribution in [0.2, 0.25) is 0 Å². The Balaban J connectivity index is 1.32. The van der Waals surface area contributed by atoms with Gasteiger partial charge in [0.1, 0.15) is 5.60 Å². The van der Waals surface area contributed by atoms with Gasteiger partial charge in [0.15, 0.2) is 0 Å². The maximum absolute atomic E-state index is 12.3. The van der Waals surface area contributed by atoms with Gasteiger partial charge < -0.3 is 14.6 Å². The highest BCUT2D eigenvalue weighted by atomic mass is 32.1. The van der Waals surface area contributed by atoms with E-state index in [9.17, 15) is 9.59 Å². The first-order valence-corrected chi connectivity index (χ1v) is 11.4. The number of nitrogens with one attached hydrogen (secondary N) is 2. The van der Waals surface area contributed by atoms with Crippen molar-refractivity contribution in [3.05, 3.63) is 53.2 Å². The molecule has 2 aromatic heterocycles. The predicted octanol–water partition coefficient (Wildman–Crippen LogP) is 5.29. The molecule has 32 heavy (non-hydrogen) atoms. The first-order chi connectivity index (χ1) is 15.3. The molecule has 2 N–H and O–H groups in total. The van der Waals surface area contributed by atoms with E-state index in [1.54, 1.807) is 56.4 Å². The van der Waals surface area contributed by atoms with Crippen LogP contribution in [0.15, 0.2) is 46.3 Å². The number of ether oxygens (including phenoxy) is 1. The van der Waals surface area contributed by atoms with Crippen molar-refractivity contribution < 1.29 is 18.8 Å². The van der Waals surface area contributed by atoms with Gasteiger partial charge in [0.2, 0.25) is 11.7 Å². The average molecular weight is 457 g/mol. The highest BCUT2D eigenvalue weighted by Gasteiger charge is 2.16. The van der Waals surface area contributed by atoms with Gasteiger partial charge in [0.25, 0.3) is 5.91 Å². The van der Waals surface area contributed by atoms with Crippen molar-refractivity contribution >= 4 is 29.0 Å². The summed E-state index contributed by atoms with van der Waals surface area (Å²) >= 11 is 1.58. The molecule has 2 amide bonds. The molecule has 0 aliphatic carbocycles. The Morgan fingerprint density at radius 2 is 1.88 bits per heavy atom. The number of unbranched alkanes of at least 4 members (excludes halogenated alkanes) is 2. The number of hydrogen-bond acceptors (Lipinski definition) is 7. The van der Waals surface area contributed by atoms with Gasteiger partial charge in [-0.15, -0.1) is 11.3 Å². The molecule has 0 spiro atoms.